The Bertz CT molecular complexity index is 584. The van der Waals surface area contributed by atoms with E-state index in [0.717, 1.165) is 15.7 Å². The van der Waals surface area contributed by atoms with E-state index in [2.05, 4.69) is 26.6 Å². The Balaban J connectivity index is 1.85. The highest BCUT2D eigenvalue weighted by molar-refractivity contribution is 9.10. The molecule has 7 heteroatoms. The van der Waals surface area contributed by atoms with Crippen molar-refractivity contribution in [2.75, 3.05) is 18.4 Å². The van der Waals surface area contributed by atoms with Crippen LogP contribution in [0.15, 0.2) is 22.7 Å². The van der Waals surface area contributed by atoms with Gasteiger partial charge in [0.15, 0.2) is 0 Å². The first-order valence-corrected chi connectivity index (χ1v) is 7.85. The minimum atomic E-state index is -0.529. The zero-order chi connectivity index (χ0) is 16.3. The Labute approximate surface area is 138 Å². The van der Waals surface area contributed by atoms with Crippen LogP contribution in [0.4, 0.5) is 15.3 Å². The molecule has 0 bridgehead atoms. The second kappa shape index (κ2) is 6.56. The van der Waals surface area contributed by atoms with Crippen molar-refractivity contribution in [2.45, 2.75) is 32.9 Å². The molecule has 0 fully saturated rings. The third-order valence-electron chi connectivity index (χ3n) is 3.01. The minimum absolute atomic E-state index is 0.170. The van der Waals surface area contributed by atoms with Crippen molar-refractivity contribution in [3.63, 3.8) is 0 Å². The standard InChI is InChI=1S/C15H20BrN3O3/c1-15(2,3)22-14(21)17-6-7-19-9-10-4-5-11(16)8-12(10)18-13(19)20/h4-5,8H,6-7,9H2,1-3H3,(H,17,21)(H,18,20). The molecular formula is C15H20BrN3O3. The van der Waals surface area contributed by atoms with Gasteiger partial charge in [0.25, 0.3) is 0 Å². The Morgan fingerprint density at radius 2 is 2.18 bits per heavy atom. The topological polar surface area (TPSA) is 70.7 Å². The van der Waals surface area contributed by atoms with Crippen molar-refractivity contribution in [3.05, 3.63) is 28.2 Å². The summed E-state index contributed by atoms with van der Waals surface area (Å²) in [6, 6.07) is 5.61. The van der Waals surface area contributed by atoms with Gasteiger partial charge in [-0.2, -0.15) is 0 Å². The molecule has 0 aliphatic carbocycles. The number of urea groups is 1. The molecule has 0 atom stereocenters. The monoisotopic (exact) mass is 369 g/mol. The van der Waals surface area contributed by atoms with E-state index in [1.807, 2.05) is 18.2 Å². The molecule has 120 valence electrons. The van der Waals surface area contributed by atoms with E-state index in [1.54, 1.807) is 25.7 Å². The summed E-state index contributed by atoms with van der Waals surface area (Å²) in [7, 11) is 0. The van der Waals surface area contributed by atoms with Crippen LogP contribution in [0.3, 0.4) is 0 Å². The molecule has 0 radical (unpaired) electrons. The van der Waals surface area contributed by atoms with Gasteiger partial charge in [0.1, 0.15) is 5.60 Å². The fourth-order valence-corrected chi connectivity index (χ4v) is 2.42. The molecule has 1 aliphatic rings. The molecule has 2 rings (SSSR count). The summed E-state index contributed by atoms with van der Waals surface area (Å²) >= 11 is 3.38. The zero-order valence-corrected chi connectivity index (χ0v) is 14.5. The lowest BCUT2D eigenvalue weighted by Gasteiger charge is -2.29. The third-order valence-corrected chi connectivity index (χ3v) is 3.51. The number of rotatable bonds is 3. The number of alkyl carbamates (subject to hydrolysis) is 1. The van der Waals surface area contributed by atoms with Gasteiger partial charge in [-0.3, -0.25) is 0 Å². The number of hydrogen-bond acceptors (Lipinski definition) is 3. The van der Waals surface area contributed by atoms with E-state index in [1.165, 1.54) is 0 Å². The summed E-state index contributed by atoms with van der Waals surface area (Å²) in [5.41, 5.74) is 1.33. The number of hydrogen-bond donors (Lipinski definition) is 2. The molecular weight excluding hydrogens is 350 g/mol. The summed E-state index contributed by atoms with van der Waals surface area (Å²) in [5, 5.41) is 5.49. The van der Waals surface area contributed by atoms with Crippen LogP contribution in [-0.2, 0) is 11.3 Å². The highest BCUT2D eigenvalue weighted by Crippen LogP contribution is 2.26. The van der Waals surface area contributed by atoms with Crippen molar-refractivity contribution in [3.8, 4) is 0 Å². The van der Waals surface area contributed by atoms with Gasteiger partial charge >= 0.3 is 12.1 Å². The molecule has 0 saturated carbocycles. The van der Waals surface area contributed by atoms with Crippen molar-refractivity contribution in [1.29, 1.82) is 0 Å². The van der Waals surface area contributed by atoms with E-state index in [0.29, 0.717) is 19.6 Å². The number of ether oxygens (including phenoxy) is 1. The van der Waals surface area contributed by atoms with Gasteiger partial charge in [-0.1, -0.05) is 22.0 Å². The van der Waals surface area contributed by atoms with Crippen LogP contribution in [0, 0.1) is 0 Å². The molecule has 1 heterocycles. The first-order chi connectivity index (χ1) is 10.2. The molecule has 3 amide bonds. The number of carbonyl (C=O) groups is 2. The van der Waals surface area contributed by atoms with Crippen LogP contribution in [0.1, 0.15) is 26.3 Å². The van der Waals surface area contributed by atoms with Crippen LogP contribution < -0.4 is 10.6 Å². The number of amides is 3. The average molecular weight is 370 g/mol. The van der Waals surface area contributed by atoms with Gasteiger partial charge in [0.2, 0.25) is 0 Å². The molecule has 0 aromatic heterocycles. The fraction of sp³-hybridized carbons (Fsp3) is 0.467. The molecule has 6 nitrogen and oxygen atoms in total. The summed E-state index contributed by atoms with van der Waals surface area (Å²) in [6.45, 7) is 6.69. The Morgan fingerprint density at radius 3 is 2.86 bits per heavy atom. The van der Waals surface area contributed by atoms with Gasteiger partial charge in [-0.05, 0) is 38.5 Å². The second-order valence-corrected chi connectivity index (χ2v) is 7.00. The number of anilines is 1. The molecule has 0 spiro atoms. The normalized spacial score (nSPS) is 14.2. The molecule has 0 saturated heterocycles. The summed E-state index contributed by atoms with van der Waals surface area (Å²) in [4.78, 5) is 25.2. The van der Waals surface area contributed by atoms with E-state index in [9.17, 15) is 9.59 Å². The van der Waals surface area contributed by atoms with Crippen LogP contribution in [0.5, 0.6) is 0 Å². The Morgan fingerprint density at radius 1 is 1.45 bits per heavy atom. The number of halogens is 1. The molecule has 0 unspecified atom stereocenters. The van der Waals surface area contributed by atoms with Gasteiger partial charge in [-0.25, -0.2) is 9.59 Å². The average Bonchev–Trinajstić information content (AvgIpc) is 2.37. The van der Waals surface area contributed by atoms with Crippen LogP contribution in [0.25, 0.3) is 0 Å². The lowest BCUT2D eigenvalue weighted by atomic mass is 10.1. The minimum Gasteiger partial charge on any atom is -0.444 e. The summed E-state index contributed by atoms with van der Waals surface area (Å²) < 4.78 is 6.07. The molecule has 1 aliphatic heterocycles. The zero-order valence-electron chi connectivity index (χ0n) is 12.9. The largest absolute Gasteiger partial charge is 0.444 e. The van der Waals surface area contributed by atoms with Crippen molar-refractivity contribution < 1.29 is 14.3 Å². The molecule has 2 N–H and O–H groups in total. The predicted octanol–water partition coefficient (Wildman–Crippen LogP) is 3.32. The number of benzene rings is 1. The van der Waals surface area contributed by atoms with Gasteiger partial charge < -0.3 is 20.3 Å². The SMILES string of the molecule is CC(C)(C)OC(=O)NCCN1Cc2ccc(Br)cc2NC1=O. The number of nitrogens with one attached hydrogen (secondary N) is 2. The van der Waals surface area contributed by atoms with Crippen molar-refractivity contribution in [1.82, 2.24) is 10.2 Å². The number of fused-ring (bicyclic) bond motifs is 1. The van der Waals surface area contributed by atoms with Gasteiger partial charge in [0.05, 0.1) is 0 Å². The van der Waals surface area contributed by atoms with Crippen molar-refractivity contribution >= 4 is 33.7 Å². The molecule has 1 aromatic rings. The first kappa shape index (κ1) is 16.6. The lowest BCUT2D eigenvalue weighted by molar-refractivity contribution is 0.0523. The van der Waals surface area contributed by atoms with Crippen LogP contribution in [0.2, 0.25) is 0 Å². The van der Waals surface area contributed by atoms with Gasteiger partial charge in [0, 0.05) is 29.8 Å². The number of nitrogens with zero attached hydrogens (tertiary/aromatic N) is 1. The quantitative estimate of drug-likeness (QED) is 0.858. The summed E-state index contributed by atoms with van der Waals surface area (Å²) in [5.74, 6) is 0. The van der Waals surface area contributed by atoms with E-state index in [4.69, 9.17) is 4.74 Å². The smallest absolute Gasteiger partial charge is 0.407 e. The first-order valence-electron chi connectivity index (χ1n) is 7.06. The molecule has 1 aromatic carbocycles. The summed E-state index contributed by atoms with van der Waals surface area (Å²) in [6.07, 6.45) is -0.478. The Hall–Kier alpha value is -1.76. The fourth-order valence-electron chi connectivity index (χ4n) is 2.06. The second-order valence-electron chi connectivity index (χ2n) is 6.08. The van der Waals surface area contributed by atoms with Crippen LogP contribution in [-0.4, -0.2) is 35.7 Å². The lowest BCUT2D eigenvalue weighted by Crippen LogP contribution is -2.43. The maximum atomic E-state index is 12.0. The number of carbonyl (C=O) groups excluding carboxylic acids is 2. The van der Waals surface area contributed by atoms with Crippen LogP contribution >= 0.6 is 15.9 Å². The predicted molar refractivity (Wildman–Crippen MR) is 87.8 cm³/mol. The van der Waals surface area contributed by atoms with E-state index >= 15 is 0 Å². The third kappa shape index (κ3) is 4.62. The highest BCUT2D eigenvalue weighted by atomic mass is 79.9. The van der Waals surface area contributed by atoms with E-state index < -0.39 is 11.7 Å². The van der Waals surface area contributed by atoms with Gasteiger partial charge in [-0.15, -0.1) is 0 Å². The van der Waals surface area contributed by atoms with Crippen molar-refractivity contribution in [2.24, 2.45) is 0 Å². The Kier molecular flexibility index (Phi) is 4.95. The van der Waals surface area contributed by atoms with E-state index in [-0.39, 0.29) is 6.03 Å². The molecule has 22 heavy (non-hydrogen) atoms. The maximum Gasteiger partial charge on any atom is 0.407 e. The highest BCUT2D eigenvalue weighted by Gasteiger charge is 2.22. The maximum absolute atomic E-state index is 12.0.